The first-order chi connectivity index (χ1) is 7.50. The van der Waals surface area contributed by atoms with Gasteiger partial charge in [-0.1, -0.05) is 6.92 Å². The summed E-state index contributed by atoms with van der Waals surface area (Å²) in [5.74, 6) is 0. The molecule has 0 spiro atoms. The Morgan fingerprint density at radius 1 is 1.56 bits per heavy atom. The number of thiophene rings is 1. The van der Waals surface area contributed by atoms with Crippen molar-refractivity contribution in [3.05, 3.63) is 20.8 Å². The average molecular weight is 324 g/mol. The molecule has 0 amide bonds. The van der Waals surface area contributed by atoms with Crippen molar-refractivity contribution in [2.75, 3.05) is 12.8 Å². The molecule has 1 aromatic rings. The largest absolute Gasteiger partial charge is 0.309 e. The van der Waals surface area contributed by atoms with E-state index in [1.54, 1.807) is 17.6 Å². The fourth-order valence-corrected chi connectivity index (χ4v) is 3.25. The quantitative estimate of drug-likeness (QED) is 0.870. The molecule has 1 heterocycles. The molecular weight excluding hydrogens is 306 g/mol. The van der Waals surface area contributed by atoms with Gasteiger partial charge in [0.2, 0.25) is 0 Å². The molecule has 1 aromatic heterocycles. The minimum atomic E-state index is -0.710. The van der Waals surface area contributed by atoms with Crippen molar-refractivity contribution in [3.63, 3.8) is 0 Å². The predicted octanol–water partition coefficient (Wildman–Crippen LogP) is 3.32. The summed E-state index contributed by atoms with van der Waals surface area (Å²) in [5, 5.41) is 5.82. The van der Waals surface area contributed by atoms with E-state index in [9.17, 15) is 4.21 Å². The highest BCUT2D eigenvalue weighted by Crippen LogP contribution is 2.25. The van der Waals surface area contributed by atoms with Crippen molar-refractivity contribution in [1.82, 2.24) is 5.32 Å². The molecule has 1 rings (SSSR count). The molecule has 0 aromatic carbocycles. The third-order valence-corrected chi connectivity index (χ3v) is 5.83. The highest BCUT2D eigenvalue weighted by molar-refractivity contribution is 9.10. The second-order valence-electron chi connectivity index (χ2n) is 3.94. The van der Waals surface area contributed by atoms with Gasteiger partial charge in [-0.05, 0) is 41.9 Å². The molecular formula is C11H18BrNOS2. The van der Waals surface area contributed by atoms with E-state index in [1.165, 1.54) is 4.88 Å². The van der Waals surface area contributed by atoms with Crippen LogP contribution in [0.4, 0.5) is 0 Å². The highest BCUT2D eigenvalue weighted by Gasteiger charge is 2.09. The van der Waals surface area contributed by atoms with Gasteiger partial charge in [-0.3, -0.25) is 4.21 Å². The fraction of sp³-hybridized carbons (Fsp3) is 0.636. The summed E-state index contributed by atoms with van der Waals surface area (Å²) in [6.45, 7) is 5.10. The standard InChI is InChI=1S/C11H18BrNOS2/c1-8(16(3)14)4-5-13-9(2)11-6-10(12)7-15-11/h6-9,13H,4-5H2,1-3H3/t8-,9+,16-/m1/s1. The topological polar surface area (TPSA) is 29.1 Å². The summed E-state index contributed by atoms with van der Waals surface area (Å²) in [4.78, 5) is 1.33. The Morgan fingerprint density at radius 2 is 2.25 bits per heavy atom. The number of hydrogen-bond acceptors (Lipinski definition) is 3. The van der Waals surface area contributed by atoms with Crippen LogP contribution >= 0.6 is 27.3 Å². The maximum Gasteiger partial charge on any atom is 0.0386 e. The minimum Gasteiger partial charge on any atom is -0.309 e. The van der Waals surface area contributed by atoms with Gasteiger partial charge in [-0.15, -0.1) is 11.3 Å². The zero-order chi connectivity index (χ0) is 12.1. The van der Waals surface area contributed by atoms with Crippen LogP contribution in [0.15, 0.2) is 15.9 Å². The molecule has 92 valence electrons. The van der Waals surface area contributed by atoms with Crippen LogP contribution in [0.5, 0.6) is 0 Å². The summed E-state index contributed by atoms with van der Waals surface area (Å²) >= 11 is 5.21. The van der Waals surface area contributed by atoms with Gasteiger partial charge in [0.1, 0.15) is 0 Å². The van der Waals surface area contributed by atoms with Crippen LogP contribution in [0.1, 0.15) is 31.2 Å². The van der Waals surface area contributed by atoms with Crippen molar-refractivity contribution in [1.29, 1.82) is 0 Å². The van der Waals surface area contributed by atoms with Gasteiger partial charge in [0, 0.05) is 43.1 Å². The Kier molecular flexibility index (Phi) is 6.18. The summed E-state index contributed by atoms with van der Waals surface area (Å²) < 4.78 is 12.3. The molecule has 5 heteroatoms. The van der Waals surface area contributed by atoms with Crippen LogP contribution < -0.4 is 5.32 Å². The normalized spacial score (nSPS) is 17.0. The van der Waals surface area contributed by atoms with Crippen LogP contribution in [0, 0.1) is 0 Å². The van der Waals surface area contributed by atoms with E-state index in [1.807, 2.05) is 6.92 Å². The van der Waals surface area contributed by atoms with E-state index in [-0.39, 0.29) is 5.25 Å². The second-order valence-corrected chi connectivity index (χ2v) is 7.60. The Hall–Kier alpha value is 0.290. The zero-order valence-electron chi connectivity index (χ0n) is 9.83. The van der Waals surface area contributed by atoms with Crippen molar-refractivity contribution in [2.45, 2.75) is 31.6 Å². The Labute approximate surface area is 112 Å². The molecule has 3 atom stereocenters. The average Bonchev–Trinajstić information content (AvgIpc) is 2.64. The molecule has 0 saturated carbocycles. The van der Waals surface area contributed by atoms with Crippen LogP contribution in [0.3, 0.4) is 0 Å². The van der Waals surface area contributed by atoms with E-state index < -0.39 is 10.8 Å². The first-order valence-corrected chi connectivity index (χ1v) is 8.59. The summed E-state index contributed by atoms with van der Waals surface area (Å²) in [7, 11) is -0.710. The lowest BCUT2D eigenvalue weighted by molar-refractivity contribution is 0.560. The molecule has 0 radical (unpaired) electrons. The fourth-order valence-electron chi connectivity index (χ4n) is 1.32. The molecule has 2 nitrogen and oxygen atoms in total. The number of halogens is 1. The van der Waals surface area contributed by atoms with Crippen molar-refractivity contribution >= 4 is 38.1 Å². The van der Waals surface area contributed by atoms with Gasteiger partial charge >= 0.3 is 0 Å². The lowest BCUT2D eigenvalue weighted by Gasteiger charge is -2.14. The number of hydrogen-bond donors (Lipinski definition) is 1. The van der Waals surface area contributed by atoms with Gasteiger partial charge in [0.25, 0.3) is 0 Å². The minimum absolute atomic E-state index is 0.273. The van der Waals surface area contributed by atoms with E-state index in [2.05, 4.69) is 39.6 Å². The molecule has 0 aliphatic heterocycles. The molecule has 0 saturated heterocycles. The van der Waals surface area contributed by atoms with Crippen molar-refractivity contribution in [2.24, 2.45) is 0 Å². The van der Waals surface area contributed by atoms with Gasteiger partial charge in [-0.25, -0.2) is 0 Å². The Morgan fingerprint density at radius 3 is 2.75 bits per heavy atom. The monoisotopic (exact) mass is 323 g/mol. The Bertz CT molecular complexity index is 354. The van der Waals surface area contributed by atoms with E-state index >= 15 is 0 Å². The van der Waals surface area contributed by atoms with Gasteiger partial charge < -0.3 is 5.32 Å². The zero-order valence-corrected chi connectivity index (χ0v) is 13.0. The molecule has 0 bridgehead atoms. The SMILES string of the molecule is C[C@H](NCC[C@@H](C)[S@@](C)=O)c1cc(Br)cs1. The van der Waals surface area contributed by atoms with Gasteiger partial charge in [0.05, 0.1) is 0 Å². The van der Waals surface area contributed by atoms with Crippen molar-refractivity contribution in [3.8, 4) is 0 Å². The molecule has 0 aliphatic rings. The maximum atomic E-state index is 11.2. The molecule has 16 heavy (non-hydrogen) atoms. The van der Waals surface area contributed by atoms with E-state index in [0.29, 0.717) is 6.04 Å². The van der Waals surface area contributed by atoms with E-state index in [4.69, 9.17) is 0 Å². The molecule has 0 fully saturated rings. The van der Waals surface area contributed by atoms with Crippen LogP contribution in [-0.4, -0.2) is 22.3 Å². The molecule has 1 N–H and O–H groups in total. The lowest BCUT2D eigenvalue weighted by Crippen LogP contribution is -2.23. The van der Waals surface area contributed by atoms with Gasteiger partial charge in [-0.2, -0.15) is 0 Å². The van der Waals surface area contributed by atoms with E-state index in [0.717, 1.165) is 17.4 Å². The molecule has 0 unspecified atom stereocenters. The first-order valence-electron chi connectivity index (χ1n) is 5.30. The number of nitrogens with one attached hydrogen (secondary N) is 1. The number of rotatable bonds is 6. The lowest BCUT2D eigenvalue weighted by atomic mass is 10.2. The first kappa shape index (κ1) is 14.4. The summed E-state index contributed by atoms with van der Waals surface area (Å²) in [6.07, 6.45) is 2.73. The van der Waals surface area contributed by atoms with Gasteiger partial charge in [0.15, 0.2) is 0 Å². The summed E-state index contributed by atoms with van der Waals surface area (Å²) in [5.41, 5.74) is 0. The second kappa shape index (κ2) is 6.89. The summed E-state index contributed by atoms with van der Waals surface area (Å²) in [6, 6.07) is 2.51. The van der Waals surface area contributed by atoms with Crippen LogP contribution in [0.2, 0.25) is 0 Å². The maximum absolute atomic E-state index is 11.2. The Balaban J connectivity index is 2.30. The van der Waals surface area contributed by atoms with Crippen LogP contribution in [-0.2, 0) is 10.8 Å². The predicted molar refractivity (Wildman–Crippen MR) is 76.6 cm³/mol. The van der Waals surface area contributed by atoms with Crippen molar-refractivity contribution < 1.29 is 4.21 Å². The highest BCUT2D eigenvalue weighted by atomic mass is 79.9. The third-order valence-electron chi connectivity index (χ3n) is 2.58. The molecule has 0 aliphatic carbocycles. The van der Waals surface area contributed by atoms with Crippen LogP contribution in [0.25, 0.3) is 0 Å². The third kappa shape index (κ3) is 4.65. The smallest absolute Gasteiger partial charge is 0.0386 e.